The molecule has 0 saturated carbocycles. The zero-order chi connectivity index (χ0) is 15.5. The van der Waals surface area contributed by atoms with Gasteiger partial charge < -0.3 is 4.90 Å². The molecule has 2 aromatic heterocycles. The minimum Gasteiger partial charge on any atom is -0.354 e. The number of pyridine rings is 1. The molecule has 0 bridgehead atoms. The Kier molecular flexibility index (Phi) is 4.38. The van der Waals surface area contributed by atoms with E-state index in [1.54, 1.807) is 16.7 Å². The maximum atomic E-state index is 12.3. The van der Waals surface area contributed by atoms with E-state index in [2.05, 4.69) is 21.7 Å². The van der Waals surface area contributed by atoms with Gasteiger partial charge in [-0.25, -0.2) is 4.98 Å². The maximum Gasteiger partial charge on any atom is 0.259 e. The standard InChI is InChI=1S/C16H21FN4O/c1-13-12-20(10-9-19(13)7-4-6-17)15-11-16(22)21-8-3-2-5-14(21)18-15/h2-3,5,8,11,13H,4,6-7,9-10,12H2,1H3/t13-/m1/s1. The van der Waals surface area contributed by atoms with Crippen molar-refractivity contribution in [2.24, 2.45) is 0 Å². The normalized spacial score (nSPS) is 19.7. The smallest absolute Gasteiger partial charge is 0.259 e. The molecule has 3 heterocycles. The number of aromatic nitrogens is 2. The van der Waals surface area contributed by atoms with Crippen LogP contribution in [0.3, 0.4) is 0 Å². The molecule has 5 nitrogen and oxygen atoms in total. The van der Waals surface area contributed by atoms with Crippen molar-refractivity contribution in [1.82, 2.24) is 14.3 Å². The van der Waals surface area contributed by atoms with Crippen molar-refractivity contribution in [2.45, 2.75) is 19.4 Å². The lowest BCUT2D eigenvalue weighted by Crippen LogP contribution is -2.52. The second-order valence-electron chi connectivity index (χ2n) is 5.75. The molecule has 1 aliphatic rings. The summed E-state index contributed by atoms with van der Waals surface area (Å²) < 4.78 is 13.9. The van der Waals surface area contributed by atoms with Crippen LogP contribution < -0.4 is 10.5 Å². The van der Waals surface area contributed by atoms with Crippen LogP contribution in [0, 0.1) is 0 Å². The number of hydrogen-bond donors (Lipinski definition) is 0. The van der Waals surface area contributed by atoms with Crippen LogP contribution in [0.25, 0.3) is 5.65 Å². The summed E-state index contributed by atoms with van der Waals surface area (Å²) in [5.41, 5.74) is 0.602. The maximum absolute atomic E-state index is 12.3. The molecule has 0 aliphatic carbocycles. The second-order valence-corrected chi connectivity index (χ2v) is 5.75. The molecule has 6 heteroatoms. The Labute approximate surface area is 129 Å². The molecule has 118 valence electrons. The quantitative estimate of drug-likeness (QED) is 0.860. The lowest BCUT2D eigenvalue weighted by Gasteiger charge is -2.40. The summed E-state index contributed by atoms with van der Waals surface area (Å²) in [6, 6.07) is 7.46. The van der Waals surface area contributed by atoms with Gasteiger partial charge in [0.1, 0.15) is 11.5 Å². The Morgan fingerprint density at radius 1 is 1.36 bits per heavy atom. The topological polar surface area (TPSA) is 40.9 Å². The number of piperazine rings is 1. The Balaban J connectivity index is 1.79. The van der Waals surface area contributed by atoms with Crippen molar-refractivity contribution in [1.29, 1.82) is 0 Å². The first-order chi connectivity index (χ1) is 10.7. The summed E-state index contributed by atoms with van der Waals surface area (Å²) in [7, 11) is 0. The van der Waals surface area contributed by atoms with Crippen molar-refractivity contribution in [3.05, 3.63) is 40.8 Å². The lowest BCUT2D eigenvalue weighted by molar-refractivity contribution is 0.181. The molecule has 0 aromatic carbocycles. The Hall–Kier alpha value is -1.95. The van der Waals surface area contributed by atoms with Gasteiger partial charge in [-0.05, 0) is 25.5 Å². The van der Waals surface area contributed by atoms with E-state index in [1.807, 2.05) is 18.2 Å². The van der Waals surface area contributed by atoms with Gasteiger partial charge in [0.2, 0.25) is 0 Å². The highest BCUT2D eigenvalue weighted by molar-refractivity contribution is 5.48. The lowest BCUT2D eigenvalue weighted by atomic mass is 10.2. The number of fused-ring (bicyclic) bond motifs is 1. The fourth-order valence-corrected chi connectivity index (χ4v) is 3.00. The van der Waals surface area contributed by atoms with Crippen molar-refractivity contribution in [2.75, 3.05) is 37.8 Å². The monoisotopic (exact) mass is 304 g/mol. The molecule has 3 rings (SSSR count). The van der Waals surface area contributed by atoms with Crippen molar-refractivity contribution < 1.29 is 4.39 Å². The van der Waals surface area contributed by atoms with Crippen molar-refractivity contribution >= 4 is 11.5 Å². The number of nitrogens with zero attached hydrogens (tertiary/aromatic N) is 4. The molecular formula is C16H21FN4O. The third-order valence-electron chi connectivity index (χ3n) is 4.23. The highest BCUT2D eigenvalue weighted by Gasteiger charge is 2.24. The number of hydrogen-bond acceptors (Lipinski definition) is 4. The van der Waals surface area contributed by atoms with E-state index < -0.39 is 0 Å². The van der Waals surface area contributed by atoms with E-state index in [-0.39, 0.29) is 12.2 Å². The minimum atomic E-state index is -0.268. The summed E-state index contributed by atoms with van der Waals surface area (Å²) in [6.45, 7) is 5.15. The number of halogens is 1. The van der Waals surface area contributed by atoms with Gasteiger partial charge >= 0.3 is 0 Å². The van der Waals surface area contributed by atoms with Crippen LogP contribution in [0.5, 0.6) is 0 Å². The van der Waals surface area contributed by atoms with Gasteiger partial charge in [-0.3, -0.25) is 18.5 Å². The van der Waals surface area contributed by atoms with E-state index in [1.165, 1.54) is 0 Å². The zero-order valence-corrected chi connectivity index (χ0v) is 12.8. The largest absolute Gasteiger partial charge is 0.354 e. The molecule has 0 amide bonds. The highest BCUT2D eigenvalue weighted by Crippen LogP contribution is 2.16. The first-order valence-electron chi connectivity index (χ1n) is 7.72. The van der Waals surface area contributed by atoms with Crippen molar-refractivity contribution in [3.8, 4) is 0 Å². The third-order valence-corrected chi connectivity index (χ3v) is 4.23. The highest BCUT2D eigenvalue weighted by atomic mass is 19.1. The Morgan fingerprint density at radius 3 is 3.00 bits per heavy atom. The fourth-order valence-electron chi connectivity index (χ4n) is 3.00. The van der Waals surface area contributed by atoms with E-state index in [4.69, 9.17) is 0 Å². The molecule has 0 unspecified atom stereocenters. The first kappa shape index (κ1) is 15.0. The van der Waals surface area contributed by atoms with Gasteiger partial charge in [0.15, 0.2) is 0 Å². The summed E-state index contributed by atoms with van der Waals surface area (Å²) in [5, 5.41) is 0. The Morgan fingerprint density at radius 2 is 2.23 bits per heavy atom. The third kappa shape index (κ3) is 2.97. The fraction of sp³-hybridized carbons (Fsp3) is 0.500. The van der Waals surface area contributed by atoms with Gasteiger partial charge in [-0.15, -0.1) is 0 Å². The molecule has 0 spiro atoms. The van der Waals surface area contributed by atoms with Gasteiger partial charge in [-0.2, -0.15) is 0 Å². The average Bonchev–Trinajstić information content (AvgIpc) is 2.53. The molecule has 1 saturated heterocycles. The predicted octanol–water partition coefficient (Wildman–Crippen LogP) is 1.56. The van der Waals surface area contributed by atoms with E-state index >= 15 is 0 Å². The van der Waals surface area contributed by atoms with E-state index in [0.29, 0.717) is 18.1 Å². The Bertz CT molecular complexity index is 702. The number of alkyl halides is 1. The van der Waals surface area contributed by atoms with Crippen LogP contribution in [-0.4, -0.2) is 53.2 Å². The van der Waals surface area contributed by atoms with E-state index in [9.17, 15) is 9.18 Å². The number of rotatable bonds is 4. The van der Waals surface area contributed by atoms with Crippen LogP contribution in [0.15, 0.2) is 35.3 Å². The zero-order valence-electron chi connectivity index (χ0n) is 12.8. The predicted molar refractivity (Wildman–Crippen MR) is 85.3 cm³/mol. The average molecular weight is 304 g/mol. The summed E-state index contributed by atoms with van der Waals surface area (Å²) in [5.74, 6) is 0.730. The molecule has 2 aromatic rings. The molecule has 1 fully saturated rings. The molecular weight excluding hydrogens is 283 g/mol. The van der Waals surface area contributed by atoms with Crippen LogP contribution in [0.2, 0.25) is 0 Å². The SMILES string of the molecule is C[C@@H]1CN(c2cc(=O)n3ccccc3n2)CCN1CCCF. The van der Waals surface area contributed by atoms with Gasteiger partial charge in [-0.1, -0.05) is 6.07 Å². The van der Waals surface area contributed by atoms with Crippen molar-refractivity contribution in [3.63, 3.8) is 0 Å². The van der Waals surface area contributed by atoms with Gasteiger partial charge in [0.05, 0.1) is 6.67 Å². The van der Waals surface area contributed by atoms with Crippen LogP contribution >= 0.6 is 0 Å². The molecule has 0 N–H and O–H groups in total. The summed E-state index contributed by atoms with van der Waals surface area (Å²) in [6.07, 6.45) is 2.31. The van der Waals surface area contributed by atoms with E-state index in [0.717, 1.165) is 32.0 Å². The number of anilines is 1. The molecule has 1 aliphatic heterocycles. The molecule has 1 atom stereocenters. The summed E-state index contributed by atoms with van der Waals surface area (Å²) in [4.78, 5) is 21.2. The second kappa shape index (κ2) is 6.44. The van der Waals surface area contributed by atoms with Crippen LogP contribution in [0.1, 0.15) is 13.3 Å². The van der Waals surface area contributed by atoms with Crippen LogP contribution in [0.4, 0.5) is 10.2 Å². The van der Waals surface area contributed by atoms with Gasteiger partial charge in [0.25, 0.3) is 5.56 Å². The summed E-state index contributed by atoms with van der Waals surface area (Å²) >= 11 is 0. The molecule has 0 radical (unpaired) electrons. The van der Waals surface area contributed by atoms with Crippen LogP contribution in [-0.2, 0) is 0 Å². The molecule has 22 heavy (non-hydrogen) atoms. The van der Waals surface area contributed by atoms with Gasteiger partial charge in [0, 0.05) is 44.5 Å². The minimum absolute atomic E-state index is 0.0619. The first-order valence-corrected chi connectivity index (χ1v) is 7.72.